The van der Waals surface area contributed by atoms with E-state index in [0.717, 1.165) is 12.6 Å². The molecule has 112 valence electrons. The molecule has 3 nitrogen and oxygen atoms in total. The van der Waals surface area contributed by atoms with E-state index in [1.807, 2.05) is 0 Å². The Morgan fingerprint density at radius 1 is 0.895 bits per heavy atom. The van der Waals surface area contributed by atoms with Crippen molar-refractivity contribution in [2.45, 2.75) is 63.8 Å². The molecule has 0 bridgehead atoms. The van der Waals surface area contributed by atoms with Gasteiger partial charge in [-0.05, 0) is 77.8 Å². The van der Waals surface area contributed by atoms with Gasteiger partial charge in [0.1, 0.15) is 0 Å². The molecular formula is C16H33N3. The summed E-state index contributed by atoms with van der Waals surface area (Å²) in [5.41, 5.74) is 5.70. The van der Waals surface area contributed by atoms with Crippen molar-refractivity contribution in [1.82, 2.24) is 9.80 Å². The number of nitrogens with two attached hydrogens (primary N) is 1. The molecule has 1 saturated heterocycles. The summed E-state index contributed by atoms with van der Waals surface area (Å²) in [7, 11) is 0. The van der Waals surface area contributed by atoms with Crippen LogP contribution in [0.15, 0.2) is 0 Å². The fraction of sp³-hybridized carbons (Fsp3) is 1.00. The summed E-state index contributed by atoms with van der Waals surface area (Å²) in [6.45, 7) is 7.35. The topological polar surface area (TPSA) is 32.5 Å². The number of rotatable bonds is 8. The van der Waals surface area contributed by atoms with Crippen molar-refractivity contribution in [2.75, 3.05) is 39.3 Å². The van der Waals surface area contributed by atoms with E-state index in [1.165, 1.54) is 90.5 Å². The van der Waals surface area contributed by atoms with Gasteiger partial charge in [0.15, 0.2) is 0 Å². The first-order valence-electron chi connectivity index (χ1n) is 8.56. The summed E-state index contributed by atoms with van der Waals surface area (Å²) in [5, 5.41) is 0. The number of hydrogen-bond donors (Lipinski definition) is 1. The second kappa shape index (κ2) is 8.93. The van der Waals surface area contributed by atoms with Crippen molar-refractivity contribution in [1.29, 1.82) is 0 Å². The predicted octanol–water partition coefficient (Wildman–Crippen LogP) is 2.46. The molecule has 2 fully saturated rings. The highest BCUT2D eigenvalue weighted by Crippen LogP contribution is 2.23. The molecule has 0 amide bonds. The van der Waals surface area contributed by atoms with E-state index in [9.17, 15) is 0 Å². The summed E-state index contributed by atoms with van der Waals surface area (Å²) < 4.78 is 0. The molecule has 1 aliphatic carbocycles. The van der Waals surface area contributed by atoms with E-state index in [1.54, 1.807) is 0 Å². The van der Waals surface area contributed by atoms with Crippen LogP contribution >= 0.6 is 0 Å². The summed E-state index contributed by atoms with van der Waals surface area (Å²) in [6, 6.07) is 0.860. The highest BCUT2D eigenvalue weighted by atomic mass is 15.2. The fourth-order valence-electron chi connectivity index (χ4n) is 3.72. The van der Waals surface area contributed by atoms with Crippen LogP contribution in [0.2, 0.25) is 0 Å². The van der Waals surface area contributed by atoms with Gasteiger partial charge in [0.05, 0.1) is 0 Å². The summed E-state index contributed by atoms with van der Waals surface area (Å²) in [5.74, 6) is 0. The lowest BCUT2D eigenvalue weighted by molar-refractivity contribution is 0.147. The molecular weight excluding hydrogens is 234 g/mol. The standard InChI is InChI=1S/C16H33N3/c17-10-6-14-19(16-8-2-1-3-9-16)15-7-13-18-11-4-5-12-18/h16H,1-15,17H2. The maximum Gasteiger partial charge on any atom is 0.00952 e. The second-order valence-electron chi connectivity index (χ2n) is 6.37. The Balaban J connectivity index is 1.69. The maximum atomic E-state index is 5.70. The predicted molar refractivity (Wildman–Crippen MR) is 82.4 cm³/mol. The number of nitrogens with zero attached hydrogens (tertiary/aromatic N) is 2. The van der Waals surface area contributed by atoms with E-state index in [-0.39, 0.29) is 0 Å². The zero-order valence-electron chi connectivity index (χ0n) is 12.7. The van der Waals surface area contributed by atoms with Gasteiger partial charge >= 0.3 is 0 Å². The minimum absolute atomic E-state index is 0.843. The molecule has 2 rings (SSSR count). The molecule has 3 heteroatoms. The van der Waals surface area contributed by atoms with Crippen LogP contribution in [-0.4, -0.2) is 55.1 Å². The van der Waals surface area contributed by atoms with Gasteiger partial charge in [0.25, 0.3) is 0 Å². The first-order chi connectivity index (χ1) is 9.40. The van der Waals surface area contributed by atoms with Crippen LogP contribution in [0.1, 0.15) is 57.8 Å². The van der Waals surface area contributed by atoms with Gasteiger partial charge in [-0.15, -0.1) is 0 Å². The third-order valence-electron chi connectivity index (χ3n) is 4.86. The van der Waals surface area contributed by atoms with Crippen molar-refractivity contribution in [3.63, 3.8) is 0 Å². The third-order valence-corrected chi connectivity index (χ3v) is 4.86. The van der Waals surface area contributed by atoms with Gasteiger partial charge in [-0.25, -0.2) is 0 Å². The Kier molecular flexibility index (Phi) is 7.18. The molecule has 0 spiro atoms. The highest BCUT2D eigenvalue weighted by molar-refractivity contribution is 4.77. The normalized spacial score (nSPS) is 22.4. The number of likely N-dealkylation sites (tertiary alicyclic amines) is 1. The van der Waals surface area contributed by atoms with Gasteiger partial charge in [-0.2, -0.15) is 0 Å². The van der Waals surface area contributed by atoms with E-state index in [4.69, 9.17) is 5.73 Å². The largest absolute Gasteiger partial charge is 0.330 e. The number of hydrogen-bond acceptors (Lipinski definition) is 3. The molecule has 1 saturated carbocycles. The van der Waals surface area contributed by atoms with Crippen LogP contribution in [0.3, 0.4) is 0 Å². The third kappa shape index (κ3) is 5.41. The van der Waals surface area contributed by atoms with E-state index >= 15 is 0 Å². The van der Waals surface area contributed by atoms with Crippen LogP contribution in [-0.2, 0) is 0 Å². The minimum Gasteiger partial charge on any atom is -0.330 e. The lowest BCUT2D eigenvalue weighted by Gasteiger charge is -2.34. The Bertz CT molecular complexity index is 220. The quantitative estimate of drug-likeness (QED) is 0.733. The zero-order chi connectivity index (χ0) is 13.3. The lowest BCUT2D eigenvalue weighted by Crippen LogP contribution is -2.39. The SMILES string of the molecule is NCCCN(CCCN1CCCC1)C1CCCCC1. The monoisotopic (exact) mass is 267 g/mol. The van der Waals surface area contributed by atoms with Crippen LogP contribution < -0.4 is 5.73 Å². The molecule has 0 atom stereocenters. The molecule has 1 heterocycles. The molecule has 0 unspecified atom stereocenters. The van der Waals surface area contributed by atoms with Gasteiger partial charge in [0.2, 0.25) is 0 Å². The molecule has 2 N–H and O–H groups in total. The maximum absolute atomic E-state index is 5.70. The van der Waals surface area contributed by atoms with Gasteiger partial charge in [0, 0.05) is 6.04 Å². The average Bonchev–Trinajstić information content (AvgIpc) is 2.97. The highest BCUT2D eigenvalue weighted by Gasteiger charge is 2.20. The lowest BCUT2D eigenvalue weighted by atomic mass is 9.94. The molecule has 0 aromatic carbocycles. The van der Waals surface area contributed by atoms with Gasteiger partial charge < -0.3 is 15.5 Å². The molecule has 0 radical (unpaired) electrons. The Morgan fingerprint density at radius 2 is 1.58 bits per heavy atom. The second-order valence-corrected chi connectivity index (χ2v) is 6.37. The van der Waals surface area contributed by atoms with Crippen molar-refractivity contribution in [3.05, 3.63) is 0 Å². The van der Waals surface area contributed by atoms with Gasteiger partial charge in [-0.1, -0.05) is 19.3 Å². The zero-order valence-corrected chi connectivity index (χ0v) is 12.7. The fourth-order valence-corrected chi connectivity index (χ4v) is 3.72. The smallest absolute Gasteiger partial charge is 0.00952 e. The first-order valence-corrected chi connectivity index (χ1v) is 8.56. The Labute approximate surface area is 119 Å². The summed E-state index contributed by atoms with van der Waals surface area (Å²) >= 11 is 0. The molecule has 0 aromatic heterocycles. The van der Waals surface area contributed by atoms with E-state index in [0.29, 0.717) is 0 Å². The molecule has 1 aliphatic heterocycles. The van der Waals surface area contributed by atoms with Gasteiger partial charge in [-0.3, -0.25) is 0 Å². The van der Waals surface area contributed by atoms with Crippen LogP contribution in [0.4, 0.5) is 0 Å². The minimum atomic E-state index is 0.843. The summed E-state index contributed by atoms with van der Waals surface area (Å²) in [6.07, 6.45) is 12.5. The van der Waals surface area contributed by atoms with E-state index < -0.39 is 0 Å². The molecule has 2 aliphatic rings. The molecule has 19 heavy (non-hydrogen) atoms. The van der Waals surface area contributed by atoms with E-state index in [2.05, 4.69) is 9.80 Å². The summed E-state index contributed by atoms with van der Waals surface area (Å²) in [4.78, 5) is 5.39. The van der Waals surface area contributed by atoms with Crippen LogP contribution in [0.25, 0.3) is 0 Å². The van der Waals surface area contributed by atoms with Crippen molar-refractivity contribution >= 4 is 0 Å². The van der Waals surface area contributed by atoms with Crippen molar-refractivity contribution in [3.8, 4) is 0 Å². The van der Waals surface area contributed by atoms with Crippen LogP contribution in [0, 0.1) is 0 Å². The average molecular weight is 267 g/mol. The molecule has 0 aromatic rings. The first kappa shape index (κ1) is 15.3. The van der Waals surface area contributed by atoms with Crippen LogP contribution in [0.5, 0.6) is 0 Å². The van der Waals surface area contributed by atoms with Crippen molar-refractivity contribution < 1.29 is 0 Å². The van der Waals surface area contributed by atoms with Crippen molar-refractivity contribution in [2.24, 2.45) is 5.73 Å². The Hall–Kier alpha value is -0.120. The Morgan fingerprint density at radius 3 is 2.26 bits per heavy atom.